The first-order valence-corrected chi connectivity index (χ1v) is 26.4. The number of aryl methyl sites for hydroxylation is 4. The lowest BCUT2D eigenvalue weighted by atomic mass is 9.86. The van der Waals surface area contributed by atoms with Crippen molar-refractivity contribution in [3.63, 3.8) is 0 Å². The summed E-state index contributed by atoms with van der Waals surface area (Å²) >= 11 is 0. The van der Waals surface area contributed by atoms with E-state index >= 15 is 0 Å². The molecule has 0 amide bonds. The summed E-state index contributed by atoms with van der Waals surface area (Å²) < 4.78 is 161. The van der Waals surface area contributed by atoms with E-state index in [9.17, 15) is 54.3 Å². The quantitative estimate of drug-likeness (QED) is 0.0267. The van der Waals surface area contributed by atoms with Gasteiger partial charge in [-0.1, -0.05) is 48.5 Å². The van der Waals surface area contributed by atoms with E-state index < -0.39 is 99.7 Å². The molecule has 80 heavy (non-hydrogen) atoms. The molecule has 0 spiro atoms. The summed E-state index contributed by atoms with van der Waals surface area (Å²) in [7, 11) is 4.65. The number of ether oxygens (including phenoxy) is 8. The molecule has 0 aliphatic heterocycles. The fourth-order valence-electron chi connectivity index (χ4n) is 9.67. The molecule has 0 aromatic heterocycles. The van der Waals surface area contributed by atoms with Crippen molar-refractivity contribution in [3.8, 4) is 23.0 Å². The summed E-state index contributed by atoms with van der Waals surface area (Å²) in [5, 5.41) is 0. The van der Waals surface area contributed by atoms with Gasteiger partial charge in [0.15, 0.2) is 26.4 Å². The minimum absolute atomic E-state index is 0.0239. The predicted molar refractivity (Wildman–Crippen MR) is 281 cm³/mol. The molecule has 440 valence electrons. The van der Waals surface area contributed by atoms with Gasteiger partial charge in [-0.25, -0.2) is 54.3 Å². The van der Waals surface area contributed by atoms with Gasteiger partial charge in [0.05, 0.1) is 28.4 Å². The summed E-state index contributed by atoms with van der Waals surface area (Å²) in [6.07, 6.45) is -1.86. The first-order chi connectivity index (χ1) is 37.5. The highest BCUT2D eigenvalue weighted by Crippen LogP contribution is 2.42. The van der Waals surface area contributed by atoms with Crippen LogP contribution in [0.15, 0.2) is 48.5 Å². The number of fused-ring (bicyclic) bond motifs is 8. The van der Waals surface area contributed by atoms with Gasteiger partial charge < -0.3 is 37.9 Å². The number of rotatable bonds is 28. The molecule has 0 saturated heterocycles. The number of hydrogen-bond donors (Lipinski definition) is 0. The number of carbonyl (C=O) groups excluding carboxylic acids is 4. The second-order valence-corrected chi connectivity index (χ2v) is 20.8. The van der Waals surface area contributed by atoms with Gasteiger partial charge >= 0.3 is 23.9 Å². The number of halogens is 8. The molecule has 5 rings (SSSR count). The fourth-order valence-corrected chi connectivity index (χ4v) is 9.67. The van der Waals surface area contributed by atoms with E-state index in [1.165, 1.54) is 0 Å². The Labute approximate surface area is 462 Å². The number of esters is 4. The lowest BCUT2D eigenvalue weighted by molar-refractivity contribution is -0.143. The van der Waals surface area contributed by atoms with E-state index in [0.717, 1.165) is 56.1 Å². The number of carbonyl (C=O) groups is 4. The summed E-state index contributed by atoms with van der Waals surface area (Å²) in [6, 6.07) is 13.8. The molecule has 8 bridgehead atoms. The zero-order valence-electron chi connectivity index (χ0n) is 46.7. The number of alkyl halides is 8. The zero-order chi connectivity index (χ0) is 59.0. The maximum absolute atomic E-state index is 14.4. The van der Waals surface area contributed by atoms with Crippen molar-refractivity contribution in [2.75, 3.05) is 54.9 Å². The number of hydrogen-bond acceptors (Lipinski definition) is 12. The van der Waals surface area contributed by atoms with Gasteiger partial charge in [-0.3, -0.25) is 0 Å². The molecule has 0 N–H and O–H groups in total. The number of methoxy groups -OCH3 is 4. The third-order valence-electron chi connectivity index (χ3n) is 13.3. The molecule has 4 aromatic rings. The molecule has 4 aromatic carbocycles. The van der Waals surface area contributed by atoms with Crippen LogP contribution in [0.25, 0.3) is 0 Å². The van der Waals surface area contributed by atoms with Crippen molar-refractivity contribution >= 4 is 23.9 Å². The van der Waals surface area contributed by atoms with Gasteiger partial charge in [-0.05, 0) is 146 Å². The molecule has 12 nitrogen and oxygen atoms in total. The van der Waals surface area contributed by atoms with Gasteiger partial charge in [-0.15, -0.1) is 0 Å². The van der Waals surface area contributed by atoms with Gasteiger partial charge in [0, 0.05) is 51.4 Å². The molecule has 0 unspecified atom stereocenters. The normalized spacial score (nSPS) is 12.8. The van der Waals surface area contributed by atoms with E-state index in [1.807, 2.05) is 0 Å². The minimum atomic E-state index is -3.01. The van der Waals surface area contributed by atoms with Crippen molar-refractivity contribution in [2.24, 2.45) is 0 Å². The van der Waals surface area contributed by atoms with Gasteiger partial charge in [0.1, 0.15) is 23.0 Å². The Bertz CT molecular complexity index is 2310. The van der Waals surface area contributed by atoms with Crippen LogP contribution in [0.2, 0.25) is 0 Å². The first kappa shape index (κ1) is 64.2. The summed E-state index contributed by atoms with van der Waals surface area (Å²) in [6.45, 7) is 0.757. The highest BCUT2D eigenvalue weighted by atomic mass is 19.3. The number of benzene rings is 4. The molecular formula is C60H72F8O12. The minimum Gasteiger partial charge on any atom is -0.481 e. The van der Waals surface area contributed by atoms with Crippen LogP contribution in [-0.4, -0.2) is 102 Å². The SMILES string of the molecule is COC(=O)COc1c2cc(CCCC(C)(F)F)cc1Cc1cc(CCCC(C)(F)F)cc(c1OCC(=O)OC)Cc1cc(CCCC(C)(F)F)cc(c1OCC(=O)OC)Cc1cc(CCCC(C)(F)F)cc(c1OCC(=O)OC)C2. The molecule has 0 fully saturated rings. The maximum Gasteiger partial charge on any atom is 0.343 e. The Morgan fingerprint density at radius 3 is 0.637 bits per heavy atom. The van der Waals surface area contributed by atoms with Crippen LogP contribution in [-0.2, 0) is 89.5 Å². The molecule has 0 radical (unpaired) electrons. The van der Waals surface area contributed by atoms with Crippen LogP contribution in [0.3, 0.4) is 0 Å². The Morgan fingerprint density at radius 1 is 0.338 bits per heavy atom. The Kier molecular flexibility index (Phi) is 23.0. The first-order valence-electron chi connectivity index (χ1n) is 26.4. The van der Waals surface area contributed by atoms with Crippen molar-refractivity contribution in [1.82, 2.24) is 0 Å². The second-order valence-electron chi connectivity index (χ2n) is 20.8. The molecule has 0 heterocycles. The van der Waals surface area contributed by atoms with Gasteiger partial charge in [-0.2, -0.15) is 0 Å². The van der Waals surface area contributed by atoms with E-state index in [2.05, 4.69) is 0 Å². The van der Waals surface area contributed by atoms with E-state index in [0.29, 0.717) is 66.8 Å². The van der Waals surface area contributed by atoms with Crippen LogP contribution in [0.5, 0.6) is 23.0 Å². The third kappa shape index (κ3) is 21.1. The maximum atomic E-state index is 14.4. The van der Waals surface area contributed by atoms with Crippen LogP contribution < -0.4 is 18.9 Å². The largest absolute Gasteiger partial charge is 0.481 e. The summed E-state index contributed by atoms with van der Waals surface area (Å²) in [5.41, 5.74) is 5.22. The summed E-state index contributed by atoms with van der Waals surface area (Å²) in [4.78, 5) is 51.8. The van der Waals surface area contributed by atoms with Crippen LogP contribution in [0.1, 0.15) is 146 Å². The second kappa shape index (κ2) is 28.7. The monoisotopic (exact) mass is 1140 g/mol. The van der Waals surface area contributed by atoms with Gasteiger partial charge in [0.25, 0.3) is 0 Å². The molecule has 1 aliphatic rings. The Balaban J connectivity index is 1.99. The van der Waals surface area contributed by atoms with Crippen molar-refractivity contribution in [3.05, 3.63) is 115 Å². The highest BCUT2D eigenvalue weighted by Gasteiger charge is 2.29. The van der Waals surface area contributed by atoms with Crippen molar-refractivity contribution in [2.45, 2.75) is 154 Å². The van der Waals surface area contributed by atoms with Crippen LogP contribution in [0, 0.1) is 0 Å². The molecular weight excluding hydrogens is 1060 g/mol. The lowest BCUT2D eigenvalue weighted by Crippen LogP contribution is -2.18. The zero-order valence-corrected chi connectivity index (χ0v) is 46.7. The van der Waals surface area contributed by atoms with Crippen molar-refractivity contribution in [1.29, 1.82) is 0 Å². The van der Waals surface area contributed by atoms with Crippen LogP contribution >= 0.6 is 0 Å². The van der Waals surface area contributed by atoms with E-state index in [4.69, 9.17) is 37.9 Å². The lowest BCUT2D eigenvalue weighted by Gasteiger charge is -2.25. The molecule has 20 heteroatoms. The molecule has 0 saturated carbocycles. The topological polar surface area (TPSA) is 142 Å². The molecule has 1 aliphatic carbocycles. The fraction of sp³-hybridized carbons (Fsp3) is 0.533. The smallest absolute Gasteiger partial charge is 0.343 e. The average molecular weight is 1140 g/mol. The van der Waals surface area contributed by atoms with Crippen molar-refractivity contribution < 1.29 is 92.2 Å². The third-order valence-corrected chi connectivity index (χ3v) is 13.3. The molecule has 0 atom stereocenters. The average Bonchev–Trinajstić information content (AvgIpc) is 3.35. The Morgan fingerprint density at radius 2 is 0.500 bits per heavy atom. The van der Waals surface area contributed by atoms with E-state index in [1.54, 1.807) is 48.5 Å². The predicted octanol–water partition coefficient (Wildman–Crippen LogP) is 12.5. The van der Waals surface area contributed by atoms with Crippen LogP contribution in [0.4, 0.5) is 35.1 Å². The standard InChI is InChI=1S/C60H72F8O12/c1-57(61,62)17-9-13-37-21-41-29-43-23-38(14-10-18-58(2,63)64)25-45(54(43)78-34-50(70)74-6)31-47-27-40(16-12-20-60(4,67)68)28-48(56(47)80-36-52(72)76-8)32-46-26-39(15-11-19-59(3,65)66)24-44(55(46)79-35-51(71)75-7)30-42(22-37)53(41)77-33-49(69)73-5/h21-28H,9-20,29-36H2,1-8H3. The Hall–Kier alpha value is -6.60. The van der Waals surface area contributed by atoms with Gasteiger partial charge in [0.2, 0.25) is 23.7 Å². The highest BCUT2D eigenvalue weighted by molar-refractivity contribution is 5.73. The summed E-state index contributed by atoms with van der Waals surface area (Å²) in [5.74, 6) is -14.6. The van der Waals surface area contributed by atoms with E-state index in [-0.39, 0.29) is 100 Å².